The summed E-state index contributed by atoms with van der Waals surface area (Å²) in [6, 6.07) is 10.2. The molecule has 1 aromatic heterocycles. The average Bonchev–Trinajstić information content (AvgIpc) is 2.58. The van der Waals surface area contributed by atoms with Crippen LogP contribution in [-0.2, 0) is 6.42 Å². The topological polar surface area (TPSA) is 43.8 Å². The molecule has 2 aromatic rings. The van der Waals surface area contributed by atoms with Crippen molar-refractivity contribution < 1.29 is 0 Å². The number of nitrogen functional groups attached to an aromatic ring is 1. The largest absolute Gasteiger partial charge is 0.382 e. The van der Waals surface area contributed by atoms with Crippen LogP contribution in [0.5, 0.6) is 0 Å². The van der Waals surface area contributed by atoms with E-state index in [0.29, 0.717) is 5.82 Å². The van der Waals surface area contributed by atoms with Crippen LogP contribution < -0.4 is 5.73 Å². The second kappa shape index (κ2) is 3.77. The molecule has 3 nitrogen and oxygen atoms in total. The number of rotatable bonds is 2. The lowest BCUT2D eigenvalue weighted by Crippen LogP contribution is -2.00. The summed E-state index contributed by atoms with van der Waals surface area (Å²) in [5.74, 6) is 0.564. The molecule has 0 spiro atoms. The molecule has 0 fully saturated rings. The third kappa shape index (κ3) is 1.86. The van der Waals surface area contributed by atoms with Gasteiger partial charge in [-0.2, -0.15) is 5.10 Å². The second-order valence-corrected chi connectivity index (χ2v) is 3.65. The second-order valence-electron chi connectivity index (χ2n) is 3.65. The van der Waals surface area contributed by atoms with Crippen LogP contribution in [-0.4, -0.2) is 9.78 Å². The van der Waals surface area contributed by atoms with Crippen molar-refractivity contribution in [3.8, 4) is 5.69 Å². The number of aryl methyl sites for hydroxylation is 2. The van der Waals surface area contributed by atoms with Crippen LogP contribution in [0.25, 0.3) is 5.69 Å². The first kappa shape index (κ1) is 9.77. The van der Waals surface area contributed by atoms with Crippen molar-refractivity contribution >= 4 is 5.82 Å². The first-order valence-electron chi connectivity index (χ1n) is 5.12. The molecule has 15 heavy (non-hydrogen) atoms. The van der Waals surface area contributed by atoms with Gasteiger partial charge in [-0.1, -0.05) is 19.1 Å². The summed E-state index contributed by atoms with van der Waals surface area (Å²) in [5.41, 5.74) is 9.09. The molecule has 0 aliphatic carbocycles. The number of hydrogen-bond donors (Lipinski definition) is 1. The Labute approximate surface area is 89.5 Å². The van der Waals surface area contributed by atoms with Crippen LogP contribution in [0.2, 0.25) is 0 Å². The molecule has 0 saturated carbocycles. The molecule has 1 aromatic carbocycles. The van der Waals surface area contributed by atoms with E-state index in [4.69, 9.17) is 5.73 Å². The van der Waals surface area contributed by atoms with Gasteiger partial charge in [0.1, 0.15) is 5.82 Å². The normalized spacial score (nSPS) is 10.5. The predicted octanol–water partition coefficient (Wildman–Crippen LogP) is 2.33. The number of hydrogen-bond acceptors (Lipinski definition) is 2. The maximum absolute atomic E-state index is 5.66. The summed E-state index contributed by atoms with van der Waals surface area (Å²) in [7, 11) is 0. The lowest BCUT2D eigenvalue weighted by Gasteiger charge is -2.05. The van der Waals surface area contributed by atoms with Gasteiger partial charge in [-0.15, -0.1) is 0 Å². The molecule has 2 N–H and O–H groups in total. The highest BCUT2D eigenvalue weighted by atomic mass is 15.3. The molecule has 0 bridgehead atoms. The Balaban J connectivity index is 2.49. The van der Waals surface area contributed by atoms with Crippen molar-refractivity contribution in [1.82, 2.24) is 9.78 Å². The third-order valence-electron chi connectivity index (χ3n) is 2.47. The average molecular weight is 201 g/mol. The molecule has 1 heterocycles. The zero-order valence-electron chi connectivity index (χ0n) is 9.07. The highest BCUT2D eigenvalue weighted by Gasteiger charge is 2.03. The predicted molar refractivity (Wildman–Crippen MR) is 62.1 cm³/mol. The van der Waals surface area contributed by atoms with E-state index in [9.17, 15) is 0 Å². The van der Waals surface area contributed by atoms with Gasteiger partial charge in [-0.3, -0.25) is 0 Å². The molecular formula is C12H15N3. The molecule has 0 unspecified atom stereocenters. The number of nitrogens with two attached hydrogens (primary N) is 1. The van der Waals surface area contributed by atoms with Crippen molar-refractivity contribution in [3.05, 3.63) is 41.6 Å². The summed E-state index contributed by atoms with van der Waals surface area (Å²) in [6.07, 6.45) is 1.03. The van der Waals surface area contributed by atoms with E-state index in [-0.39, 0.29) is 0 Å². The van der Waals surface area contributed by atoms with Crippen LogP contribution in [0.15, 0.2) is 30.3 Å². The fraction of sp³-hybridized carbons (Fsp3) is 0.250. The number of nitrogens with zero attached hydrogens (tertiary/aromatic N) is 2. The van der Waals surface area contributed by atoms with Gasteiger partial charge in [0, 0.05) is 11.8 Å². The van der Waals surface area contributed by atoms with E-state index in [1.54, 1.807) is 0 Å². The van der Waals surface area contributed by atoms with Crippen LogP contribution in [0.4, 0.5) is 5.82 Å². The Morgan fingerprint density at radius 1 is 1.33 bits per heavy atom. The summed E-state index contributed by atoms with van der Waals surface area (Å²) in [6.45, 7) is 4.14. The summed E-state index contributed by atoms with van der Waals surface area (Å²) >= 11 is 0. The lowest BCUT2D eigenvalue weighted by atomic mass is 10.1. The molecule has 3 heteroatoms. The van der Waals surface area contributed by atoms with Gasteiger partial charge in [0.25, 0.3) is 0 Å². The number of benzene rings is 1. The molecule has 2 rings (SSSR count). The maximum atomic E-state index is 5.66. The van der Waals surface area contributed by atoms with E-state index in [0.717, 1.165) is 17.8 Å². The van der Waals surface area contributed by atoms with E-state index in [1.807, 2.05) is 29.8 Å². The minimum atomic E-state index is 0.564. The highest BCUT2D eigenvalue weighted by molar-refractivity contribution is 5.40. The van der Waals surface area contributed by atoms with E-state index < -0.39 is 0 Å². The van der Waals surface area contributed by atoms with Gasteiger partial charge in [0.05, 0.1) is 5.69 Å². The van der Waals surface area contributed by atoms with Crippen molar-refractivity contribution in [2.75, 3.05) is 5.73 Å². The first-order valence-corrected chi connectivity index (χ1v) is 5.12. The molecular weight excluding hydrogens is 186 g/mol. The van der Waals surface area contributed by atoms with Crippen molar-refractivity contribution in [2.24, 2.45) is 0 Å². The van der Waals surface area contributed by atoms with Crippen LogP contribution in [0.3, 0.4) is 0 Å². The quantitative estimate of drug-likeness (QED) is 0.810. The number of anilines is 1. The summed E-state index contributed by atoms with van der Waals surface area (Å²) in [5, 5.41) is 4.25. The highest BCUT2D eigenvalue weighted by Crippen LogP contribution is 2.14. The molecule has 0 saturated heterocycles. The molecule has 0 amide bonds. The fourth-order valence-electron chi connectivity index (χ4n) is 1.67. The van der Waals surface area contributed by atoms with Gasteiger partial charge >= 0.3 is 0 Å². The van der Waals surface area contributed by atoms with Crippen LogP contribution in [0, 0.1) is 6.92 Å². The Kier molecular flexibility index (Phi) is 2.46. The number of aromatic nitrogens is 2. The smallest absolute Gasteiger partial charge is 0.146 e. The van der Waals surface area contributed by atoms with Crippen molar-refractivity contribution in [3.63, 3.8) is 0 Å². The molecule has 0 aliphatic heterocycles. The summed E-state index contributed by atoms with van der Waals surface area (Å²) < 4.78 is 1.87. The van der Waals surface area contributed by atoms with Crippen LogP contribution in [0.1, 0.15) is 18.2 Å². The Hall–Kier alpha value is -1.77. The Morgan fingerprint density at radius 2 is 2.13 bits per heavy atom. The zero-order chi connectivity index (χ0) is 10.8. The van der Waals surface area contributed by atoms with E-state index in [1.165, 1.54) is 5.56 Å². The maximum Gasteiger partial charge on any atom is 0.146 e. The minimum absolute atomic E-state index is 0.564. The Morgan fingerprint density at radius 3 is 2.73 bits per heavy atom. The Bertz CT molecular complexity index is 471. The van der Waals surface area contributed by atoms with Crippen molar-refractivity contribution in [1.29, 1.82) is 0 Å². The zero-order valence-corrected chi connectivity index (χ0v) is 9.07. The van der Waals surface area contributed by atoms with Gasteiger partial charge in [0.15, 0.2) is 0 Å². The van der Waals surface area contributed by atoms with E-state index in [2.05, 4.69) is 24.2 Å². The lowest BCUT2D eigenvalue weighted by molar-refractivity contribution is 0.849. The SMILES string of the molecule is CCc1cccc(-n2nc(N)cc2C)c1. The van der Waals surface area contributed by atoms with Gasteiger partial charge in [-0.25, -0.2) is 4.68 Å². The third-order valence-corrected chi connectivity index (χ3v) is 2.47. The van der Waals surface area contributed by atoms with Gasteiger partial charge < -0.3 is 5.73 Å². The first-order chi connectivity index (χ1) is 7.20. The molecule has 78 valence electrons. The molecule has 0 aliphatic rings. The molecule has 0 radical (unpaired) electrons. The standard InChI is InChI=1S/C12H15N3/c1-3-10-5-4-6-11(8-10)15-9(2)7-12(13)14-15/h4-8H,3H2,1-2H3,(H2,13,14). The minimum Gasteiger partial charge on any atom is -0.382 e. The fourth-order valence-corrected chi connectivity index (χ4v) is 1.67. The van der Waals surface area contributed by atoms with Crippen LogP contribution >= 0.6 is 0 Å². The molecule has 0 atom stereocenters. The van der Waals surface area contributed by atoms with Gasteiger partial charge in [-0.05, 0) is 31.0 Å². The van der Waals surface area contributed by atoms with Crippen molar-refractivity contribution in [2.45, 2.75) is 20.3 Å². The van der Waals surface area contributed by atoms with Gasteiger partial charge in [0.2, 0.25) is 0 Å². The monoisotopic (exact) mass is 201 g/mol. The summed E-state index contributed by atoms with van der Waals surface area (Å²) in [4.78, 5) is 0. The van der Waals surface area contributed by atoms with E-state index >= 15 is 0 Å².